The number of halogens is 4. The number of benzene rings is 2. The predicted molar refractivity (Wildman–Crippen MR) is 111 cm³/mol. The van der Waals surface area contributed by atoms with E-state index in [4.69, 9.17) is 9.72 Å². The molecule has 1 spiro atoms. The van der Waals surface area contributed by atoms with Gasteiger partial charge in [-0.2, -0.15) is 13.2 Å². The van der Waals surface area contributed by atoms with Crippen LogP contribution in [0.1, 0.15) is 29.7 Å². The van der Waals surface area contributed by atoms with E-state index in [2.05, 4.69) is 21.2 Å². The number of aliphatic hydroxyl groups excluding tert-OH is 1. The molecule has 1 aliphatic carbocycles. The average molecular weight is 494 g/mol. The Balaban J connectivity index is 1.47. The van der Waals surface area contributed by atoms with E-state index in [1.54, 1.807) is 22.8 Å². The van der Waals surface area contributed by atoms with Gasteiger partial charge in [-0.3, -0.25) is 9.88 Å². The van der Waals surface area contributed by atoms with Gasteiger partial charge in [0.05, 0.1) is 5.54 Å². The molecule has 5 nitrogen and oxygen atoms in total. The standard InChI is InChI=1S/C22H19BrF3N3O2/c23-19-18(13-4-2-1-3-5-13)27-17-11-21(28-20(30)29(17)19)9-8-14-10-15(6-7-16(14)21)31-12-22(24,25)26/h1-7,10,20,28,30H,8-9,11-12H2/t20?,21-/m0/s1. The number of imidazole rings is 1. The van der Waals surface area contributed by atoms with Crippen molar-refractivity contribution in [3.05, 3.63) is 70.1 Å². The number of nitrogens with zero attached hydrogens (tertiary/aromatic N) is 2. The van der Waals surface area contributed by atoms with E-state index in [1.807, 2.05) is 30.3 Å². The molecule has 0 saturated heterocycles. The molecule has 0 radical (unpaired) electrons. The number of hydrogen-bond acceptors (Lipinski definition) is 4. The molecular weight excluding hydrogens is 475 g/mol. The Morgan fingerprint density at radius 3 is 2.74 bits per heavy atom. The van der Waals surface area contributed by atoms with Gasteiger partial charge in [-0.05, 0) is 52.0 Å². The van der Waals surface area contributed by atoms with Crippen molar-refractivity contribution in [1.29, 1.82) is 0 Å². The number of alkyl halides is 3. The summed E-state index contributed by atoms with van der Waals surface area (Å²) in [4.78, 5) is 4.80. The number of hydrogen-bond donors (Lipinski definition) is 2. The molecule has 9 heteroatoms. The van der Waals surface area contributed by atoms with Gasteiger partial charge in [0.1, 0.15) is 21.9 Å². The van der Waals surface area contributed by atoms with Gasteiger partial charge in [-0.25, -0.2) is 4.98 Å². The minimum Gasteiger partial charge on any atom is -0.484 e. The molecule has 2 atom stereocenters. The highest BCUT2D eigenvalue weighted by atomic mass is 79.9. The number of rotatable bonds is 3. The maximum atomic E-state index is 12.5. The molecule has 2 N–H and O–H groups in total. The molecule has 2 aromatic carbocycles. The van der Waals surface area contributed by atoms with Crippen LogP contribution in [-0.4, -0.2) is 27.4 Å². The van der Waals surface area contributed by atoms with Gasteiger partial charge >= 0.3 is 6.18 Å². The van der Waals surface area contributed by atoms with E-state index >= 15 is 0 Å². The van der Waals surface area contributed by atoms with Crippen LogP contribution in [0.3, 0.4) is 0 Å². The Labute approximate surface area is 185 Å². The first-order chi connectivity index (χ1) is 14.8. The minimum atomic E-state index is -4.38. The molecule has 2 aliphatic rings. The van der Waals surface area contributed by atoms with Gasteiger partial charge in [-0.15, -0.1) is 0 Å². The zero-order valence-corrected chi connectivity index (χ0v) is 17.9. The second-order valence-electron chi connectivity index (χ2n) is 7.90. The number of ether oxygens (including phenoxy) is 1. The van der Waals surface area contributed by atoms with Crippen LogP contribution in [0.15, 0.2) is 53.1 Å². The van der Waals surface area contributed by atoms with Crippen LogP contribution in [0.25, 0.3) is 11.3 Å². The monoisotopic (exact) mass is 493 g/mol. The quantitative estimate of drug-likeness (QED) is 0.555. The van der Waals surface area contributed by atoms with Gasteiger partial charge in [-0.1, -0.05) is 36.4 Å². The zero-order chi connectivity index (χ0) is 21.8. The first-order valence-corrected chi connectivity index (χ1v) is 10.7. The van der Waals surface area contributed by atoms with Crippen molar-refractivity contribution >= 4 is 15.9 Å². The highest BCUT2D eigenvalue weighted by Crippen LogP contribution is 2.45. The minimum absolute atomic E-state index is 0.195. The van der Waals surface area contributed by atoms with Crippen molar-refractivity contribution in [2.45, 2.75) is 37.3 Å². The summed E-state index contributed by atoms with van der Waals surface area (Å²) >= 11 is 3.58. The van der Waals surface area contributed by atoms with Gasteiger partial charge in [0.2, 0.25) is 0 Å². The zero-order valence-electron chi connectivity index (χ0n) is 16.3. The number of aliphatic hydroxyl groups is 1. The third-order valence-electron chi connectivity index (χ3n) is 5.90. The molecule has 2 heterocycles. The van der Waals surface area contributed by atoms with Crippen LogP contribution < -0.4 is 10.1 Å². The third-order valence-corrected chi connectivity index (χ3v) is 6.66. The molecule has 1 unspecified atom stereocenters. The Morgan fingerprint density at radius 2 is 2.00 bits per heavy atom. The predicted octanol–water partition coefficient (Wildman–Crippen LogP) is 4.69. The Bertz CT molecular complexity index is 1130. The smallest absolute Gasteiger partial charge is 0.422 e. The van der Waals surface area contributed by atoms with E-state index in [-0.39, 0.29) is 5.75 Å². The average Bonchev–Trinajstić information content (AvgIpc) is 3.24. The van der Waals surface area contributed by atoms with E-state index in [0.29, 0.717) is 23.9 Å². The summed E-state index contributed by atoms with van der Waals surface area (Å²) in [6.45, 7) is -1.32. The van der Waals surface area contributed by atoms with Crippen molar-refractivity contribution in [3.8, 4) is 17.0 Å². The summed E-state index contributed by atoms with van der Waals surface area (Å²) in [5.41, 5.74) is 3.03. The normalized spacial score (nSPS) is 22.4. The fourth-order valence-electron chi connectivity index (χ4n) is 4.56. The van der Waals surface area contributed by atoms with Crippen LogP contribution in [-0.2, 0) is 18.4 Å². The molecule has 0 bridgehead atoms. The van der Waals surface area contributed by atoms with Crippen LogP contribution in [0.5, 0.6) is 5.75 Å². The highest BCUT2D eigenvalue weighted by Gasteiger charge is 2.45. The number of aryl methyl sites for hydroxylation is 1. The van der Waals surface area contributed by atoms with Crippen LogP contribution in [0.4, 0.5) is 13.2 Å². The first kappa shape index (κ1) is 20.5. The van der Waals surface area contributed by atoms with E-state index in [9.17, 15) is 18.3 Å². The lowest BCUT2D eigenvalue weighted by molar-refractivity contribution is -0.153. The van der Waals surface area contributed by atoms with Gasteiger partial charge in [0, 0.05) is 12.0 Å². The van der Waals surface area contributed by atoms with Gasteiger partial charge in [0.25, 0.3) is 0 Å². The molecule has 5 rings (SSSR count). The number of nitrogens with one attached hydrogen (secondary N) is 1. The third kappa shape index (κ3) is 3.64. The van der Waals surface area contributed by atoms with Crippen molar-refractivity contribution in [2.24, 2.45) is 0 Å². The van der Waals surface area contributed by atoms with E-state index in [1.165, 1.54) is 0 Å². The maximum absolute atomic E-state index is 12.5. The van der Waals surface area contributed by atoms with Crippen molar-refractivity contribution < 1.29 is 23.0 Å². The fraction of sp³-hybridized carbons (Fsp3) is 0.318. The maximum Gasteiger partial charge on any atom is 0.422 e. The Kier molecular flexibility index (Phi) is 4.87. The molecule has 0 fully saturated rings. The summed E-state index contributed by atoms with van der Waals surface area (Å²) in [5.74, 6) is 0.933. The van der Waals surface area contributed by atoms with Gasteiger partial charge in [0.15, 0.2) is 13.0 Å². The molecule has 1 aromatic heterocycles. The molecule has 31 heavy (non-hydrogen) atoms. The van der Waals surface area contributed by atoms with Crippen LogP contribution in [0.2, 0.25) is 0 Å². The molecule has 1 aliphatic heterocycles. The second-order valence-corrected chi connectivity index (χ2v) is 8.65. The van der Waals surface area contributed by atoms with Gasteiger partial charge < -0.3 is 9.84 Å². The van der Waals surface area contributed by atoms with E-state index < -0.39 is 24.7 Å². The SMILES string of the molecule is OC1N[C@@]2(CCc3cc(OCC(F)(F)F)ccc32)Cc2nc(-c3ccccc3)c(Br)n21. The van der Waals surface area contributed by atoms with Crippen molar-refractivity contribution in [2.75, 3.05) is 6.61 Å². The Hall–Kier alpha value is -2.36. The molecular formula is C22H19BrF3N3O2. The lowest BCUT2D eigenvalue weighted by atomic mass is 9.86. The summed E-state index contributed by atoms with van der Waals surface area (Å²) in [6, 6.07) is 14.7. The van der Waals surface area contributed by atoms with Crippen LogP contribution >= 0.6 is 15.9 Å². The topological polar surface area (TPSA) is 59.3 Å². The molecule has 3 aromatic rings. The van der Waals surface area contributed by atoms with Crippen molar-refractivity contribution in [1.82, 2.24) is 14.9 Å². The summed E-state index contributed by atoms with van der Waals surface area (Å²) < 4.78 is 44.7. The van der Waals surface area contributed by atoms with Crippen LogP contribution in [0, 0.1) is 0 Å². The lowest BCUT2D eigenvalue weighted by Crippen LogP contribution is -2.51. The number of fused-ring (bicyclic) bond motifs is 3. The largest absolute Gasteiger partial charge is 0.484 e. The highest BCUT2D eigenvalue weighted by molar-refractivity contribution is 9.10. The Morgan fingerprint density at radius 1 is 1.23 bits per heavy atom. The number of aromatic nitrogens is 2. The molecule has 162 valence electrons. The second kappa shape index (κ2) is 7.36. The summed E-state index contributed by atoms with van der Waals surface area (Å²) in [7, 11) is 0. The van der Waals surface area contributed by atoms with Crippen molar-refractivity contribution in [3.63, 3.8) is 0 Å². The molecule has 0 saturated carbocycles. The summed E-state index contributed by atoms with van der Waals surface area (Å²) in [5, 5.41) is 14.2. The lowest BCUT2D eigenvalue weighted by Gasteiger charge is -2.39. The molecule has 0 amide bonds. The first-order valence-electron chi connectivity index (χ1n) is 9.86. The van der Waals surface area contributed by atoms with E-state index in [0.717, 1.165) is 28.2 Å². The fourth-order valence-corrected chi connectivity index (χ4v) is 5.27. The summed E-state index contributed by atoms with van der Waals surface area (Å²) in [6.07, 6.45) is -3.45.